The van der Waals surface area contributed by atoms with Crippen LogP contribution in [0.2, 0.25) is 0 Å². The van der Waals surface area contributed by atoms with E-state index in [-0.39, 0.29) is 5.69 Å². The normalized spacial score (nSPS) is 12.6. The molecule has 27 heavy (non-hydrogen) atoms. The van der Waals surface area contributed by atoms with Crippen LogP contribution in [0, 0.1) is 0 Å². The minimum atomic E-state index is -4.61. The number of nitrogens with one attached hydrogen (secondary N) is 1. The van der Waals surface area contributed by atoms with Gasteiger partial charge in [-0.05, 0) is 36.6 Å². The van der Waals surface area contributed by atoms with Crippen LogP contribution in [0.4, 0.5) is 18.9 Å². The van der Waals surface area contributed by atoms with Gasteiger partial charge in [0.1, 0.15) is 4.88 Å². The van der Waals surface area contributed by atoms with Crippen LogP contribution < -0.4 is 5.32 Å². The Balaban J connectivity index is 1.70. The highest BCUT2D eigenvalue weighted by Crippen LogP contribution is 2.34. The summed E-state index contributed by atoms with van der Waals surface area (Å²) in [5.74, 6) is -1.55. The predicted octanol–water partition coefficient (Wildman–Crippen LogP) is 5.10. The van der Waals surface area contributed by atoms with Gasteiger partial charge in [0.2, 0.25) is 0 Å². The molecule has 140 valence electrons. The molecule has 1 aromatic heterocycles. The summed E-state index contributed by atoms with van der Waals surface area (Å²) in [5, 5.41) is 3.03. The maximum atomic E-state index is 13.0. The van der Waals surface area contributed by atoms with Gasteiger partial charge in [0.05, 0.1) is 11.3 Å². The predicted molar refractivity (Wildman–Crippen MR) is 96.8 cm³/mol. The molecule has 0 spiro atoms. The number of fused-ring (bicyclic) bond motifs is 1. The molecular weight excluding hydrogens is 379 g/mol. The number of esters is 1. The Labute approximate surface area is 156 Å². The molecule has 0 aliphatic rings. The summed E-state index contributed by atoms with van der Waals surface area (Å²) < 4.78 is 45.0. The van der Waals surface area contributed by atoms with Crippen molar-refractivity contribution in [3.8, 4) is 0 Å². The number of para-hydroxylation sites is 1. The van der Waals surface area contributed by atoms with Crippen LogP contribution in [0.1, 0.15) is 22.2 Å². The Morgan fingerprint density at radius 1 is 1.07 bits per heavy atom. The van der Waals surface area contributed by atoms with E-state index in [0.717, 1.165) is 22.2 Å². The fourth-order valence-corrected chi connectivity index (χ4v) is 3.37. The number of thiophene rings is 1. The van der Waals surface area contributed by atoms with Crippen molar-refractivity contribution in [2.75, 3.05) is 5.32 Å². The third kappa shape index (κ3) is 4.28. The van der Waals surface area contributed by atoms with Gasteiger partial charge >= 0.3 is 12.1 Å². The second kappa shape index (κ2) is 7.40. The van der Waals surface area contributed by atoms with E-state index < -0.39 is 29.7 Å². The molecule has 0 unspecified atom stereocenters. The van der Waals surface area contributed by atoms with Crippen molar-refractivity contribution in [2.45, 2.75) is 19.2 Å². The monoisotopic (exact) mass is 393 g/mol. The molecule has 2 aromatic carbocycles. The van der Waals surface area contributed by atoms with Gasteiger partial charge in [0.15, 0.2) is 6.10 Å². The largest absolute Gasteiger partial charge is 0.448 e. The lowest BCUT2D eigenvalue weighted by atomic mass is 10.1. The minimum absolute atomic E-state index is 0.312. The van der Waals surface area contributed by atoms with Crippen LogP contribution in [-0.2, 0) is 15.7 Å². The Morgan fingerprint density at radius 3 is 2.44 bits per heavy atom. The number of rotatable bonds is 4. The van der Waals surface area contributed by atoms with Crippen LogP contribution in [0.25, 0.3) is 10.1 Å². The third-order valence-electron chi connectivity index (χ3n) is 3.77. The number of carbonyl (C=O) groups is 2. The number of benzene rings is 2. The van der Waals surface area contributed by atoms with Gasteiger partial charge in [-0.2, -0.15) is 13.2 Å². The molecule has 1 amide bonds. The van der Waals surface area contributed by atoms with E-state index in [1.165, 1.54) is 30.4 Å². The van der Waals surface area contributed by atoms with Gasteiger partial charge < -0.3 is 10.1 Å². The van der Waals surface area contributed by atoms with E-state index in [9.17, 15) is 22.8 Å². The molecule has 0 saturated carbocycles. The van der Waals surface area contributed by atoms with Gasteiger partial charge in [0, 0.05) is 4.70 Å². The highest BCUT2D eigenvalue weighted by molar-refractivity contribution is 7.20. The molecule has 8 heteroatoms. The molecule has 4 nitrogen and oxygen atoms in total. The van der Waals surface area contributed by atoms with Crippen LogP contribution in [-0.4, -0.2) is 18.0 Å². The first-order valence-electron chi connectivity index (χ1n) is 7.92. The van der Waals surface area contributed by atoms with Crippen molar-refractivity contribution < 1.29 is 27.5 Å². The van der Waals surface area contributed by atoms with E-state index in [1.54, 1.807) is 6.07 Å². The Kier molecular flexibility index (Phi) is 5.18. The summed E-state index contributed by atoms with van der Waals surface area (Å²) in [5.41, 5.74) is -1.36. The third-order valence-corrected chi connectivity index (χ3v) is 4.87. The first-order chi connectivity index (χ1) is 12.8. The highest BCUT2D eigenvalue weighted by atomic mass is 32.1. The second-order valence-corrected chi connectivity index (χ2v) is 6.81. The van der Waals surface area contributed by atoms with Crippen LogP contribution in [0.3, 0.4) is 0 Å². The maximum Gasteiger partial charge on any atom is 0.418 e. The number of anilines is 1. The molecule has 0 fully saturated rings. The number of amides is 1. The second-order valence-electron chi connectivity index (χ2n) is 5.73. The zero-order valence-electron chi connectivity index (χ0n) is 14.0. The summed E-state index contributed by atoms with van der Waals surface area (Å²) in [7, 11) is 0. The average molecular weight is 393 g/mol. The topological polar surface area (TPSA) is 55.4 Å². The van der Waals surface area contributed by atoms with E-state index in [4.69, 9.17) is 4.74 Å². The molecule has 3 rings (SSSR count). The molecule has 3 aromatic rings. The van der Waals surface area contributed by atoms with E-state index >= 15 is 0 Å². The lowest BCUT2D eigenvalue weighted by Gasteiger charge is -2.16. The summed E-state index contributed by atoms with van der Waals surface area (Å²) in [6, 6.07) is 13.6. The van der Waals surface area contributed by atoms with Gasteiger partial charge in [-0.25, -0.2) is 4.79 Å². The number of carbonyl (C=O) groups excluding carboxylic acids is 2. The SMILES string of the molecule is C[C@H](OC(=O)c1cc2ccccc2s1)C(=O)Nc1ccccc1C(F)(F)F. The molecule has 0 aliphatic carbocycles. The number of halogens is 3. The lowest BCUT2D eigenvalue weighted by molar-refractivity contribution is -0.137. The molecular formula is C19H14F3NO3S. The van der Waals surface area contributed by atoms with Crippen molar-refractivity contribution >= 4 is 39.0 Å². The number of hydrogen-bond acceptors (Lipinski definition) is 4. The van der Waals surface area contributed by atoms with Gasteiger partial charge in [-0.3, -0.25) is 4.79 Å². The van der Waals surface area contributed by atoms with Crippen molar-refractivity contribution in [3.05, 3.63) is 65.0 Å². The lowest BCUT2D eigenvalue weighted by Crippen LogP contribution is -2.30. The molecule has 0 saturated heterocycles. The zero-order valence-corrected chi connectivity index (χ0v) is 14.9. The standard InChI is InChI=1S/C19H14F3NO3S/c1-11(17(24)23-14-8-4-3-7-13(14)19(20,21)22)26-18(25)16-10-12-6-2-5-9-15(12)27-16/h2-11H,1H3,(H,23,24)/t11-/m0/s1. The Bertz CT molecular complexity index is 964. The van der Waals surface area contributed by atoms with Crippen LogP contribution in [0.5, 0.6) is 0 Å². The van der Waals surface area contributed by atoms with Crippen molar-refractivity contribution in [3.63, 3.8) is 0 Å². The smallest absolute Gasteiger partial charge is 0.418 e. The number of ether oxygens (including phenoxy) is 1. The molecule has 0 aliphatic heterocycles. The Morgan fingerprint density at radius 2 is 1.74 bits per heavy atom. The summed E-state index contributed by atoms with van der Waals surface area (Å²) >= 11 is 1.21. The molecule has 1 N–H and O–H groups in total. The number of alkyl halides is 3. The zero-order chi connectivity index (χ0) is 19.6. The number of hydrogen-bond donors (Lipinski definition) is 1. The van der Waals surface area contributed by atoms with E-state index in [1.807, 2.05) is 24.3 Å². The fourth-order valence-electron chi connectivity index (χ4n) is 2.43. The van der Waals surface area contributed by atoms with Gasteiger partial charge in [0.25, 0.3) is 5.91 Å². The van der Waals surface area contributed by atoms with Crippen LogP contribution >= 0.6 is 11.3 Å². The van der Waals surface area contributed by atoms with Crippen molar-refractivity contribution in [1.82, 2.24) is 0 Å². The molecule has 0 bridgehead atoms. The first kappa shape index (κ1) is 18.9. The van der Waals surface area contributed by atoms with Crippen LogP contribution in [0.15, 0.2) is 54.6 Å². The molecule has 1 heterocycles. The quantitative estimate of drug-likeness (QED) is 0.627. The fraction of sp³-hybridized carbons (Fsp3) is 0.158. The highest BCUT2D eigenvalue weighted by Gasteiger charge is 2.34. The maximum absolute atomic E-state index is 13.0. The summed E-state index contributed by atoms with van der Waals surface area (Å²) in [6.07, 6.45) is -5.87. The summed E-state index contributed by atoms with van der Waals surface area (Å²) in [4.78, 5) is 24.7. The van der Waals surface area contributed by atoms with Crippen molar-refractivity contribution in [1.29, 1.82) is 0 Å². The van der Waals surface area contributed by atoms with Gasteiger partial charge in [-0.15, -0.1) is 11.3 Å². The van der Waals surface area contributed by atoms with Gasteiger partial charge in [-0.1, -0.05) is 30.3 Å². The molecule has 0 radical (unpaired) electrons. The average Bonchev–Trinajstić information content (AvgIpc) is 3.05. The van der Waals surface area contributed by atoms with E-state index in [2.05, 4.69) is 5.32 Å². The van der Waals surface area contributed by atoms with E-state index in [0.29, 0.717) is 4.88 Å². The minimum Gasteiger partial charge on any atom is -0.448 e. The Hall–Kier alpha value is -2.87. The first-order valence-corrected chi connectivity index (χ1v) is 8.74. The molecule has 1 atom stereocenters. The summed E-state index contributed by atoms with van der Waals surface area (Å²) in [6.45, 7) is 1.30. The van der Waals surface area contributed by atoms with Crippen molar-refractivity contribution in [2.24, 2.45) is 0 Å².